The number of aromatic nitrogens is 4. The number of rotatable bonds is 7. The summed E-state index contributed by atoms with van der Waals surface area (Å²) in [4.78, 5) is 23.3. The first kappa shape index (κ1) is 27.6. The number of fused-ring (bicyclic) bond motifs is 1. The number of hydrogen-bond acceptors (Lipinski definition) is 6. The first-order valence-electron chi connectivity index (χ1n) is 13.8. The first-order valence-corrected chi connectivity index (χ1v) is 13.8. The molecule has 6 rings (SSSR count). The quantitative estimate of drug-likeness (QED) is 0.212. The van der Waals surface area contributed by atoms with E-state index in [0.717, 1.165) is 39.5 Å². The number of nitrogen functional groups attached to an aromatic ring is 1. The first-order chi connectivity index (χ1) is 20.1. The maximum absolute atomic E-state index is 10.0. The molecule has 3 heterocycles. The molecular formula is C32H34N6O3. The van der Waals surface area contributed by atoms with Gasteiger partial charge < -0.3 is 20.9 Å². The minimum atomic E-state index is -1.01. The van der Waals surface area contributed by atoms with E-state index in [1.807, 2.05) is 42.6 Å². The molecule has 0 aliphatic heterocycles. The van der Waals surface area contributed by atoms with E-state index in [9.17, 15) is 4.79 Å². The average molecular weight is 551 g/mol. The van der Waals surface area contributed by atoms with Gasteiger partial charge >= 0.3 is 6.09 Å². The summed E-state index contributed by atoms with van der Waals surface area (Å²) in [5.74, 6) is 2.90. The van der Waals surface area contributed by atoms with Crippen LogP contribution < -0.4 is 15.8 Å². The van der Waals surface area contributed by atoms with Gasteiger partial charge in [0.2, 0.25) is 0 Å². The third kappa shape index (κ3) is 7.19. The van der Waals surface area contributed by atoms with Crippen LogP contribution in [0.4, 0.5) is 10.6 Å². The third-order valence-corrected chi connectivity index (χ3v) is 7.13. The number of amides is 1. The Hall–Kier alpha value is -4.92. The van der Waals surface area contributed by atoms with Crippen LogP contribution in [0.15, 0.2) is 91.5 Å². The van der Waals surface area contributed by atoms with Crippen LogP contribution in [0.1, 0.15) is 55.0 Å². The van der Waals surface area contributed by atoms with Crippen molar-refractivity contribution in [1.29, 1.82) is 0 Å². The minimum Gasteiger partial charge on any atom is -0.489 e. The Labute approximate surface area is 239 Å². The maximum Gasteiger partial charge on any atom is 0.404 e. The molecule has 0 unspecified atom stereocenters. The molecule has 1 aliphatic carbocycles. The van der Waals surface area contributed by atoms with Crippen LogP contribution in [0.2, 0.25) is 0 Å². The normalized spacial score (nSPS) is 13.3. The highest BCUT2D eigenvalue weighted by Gasteiger charge is 2.24. The molecule has 41 heavy (non-hydrogen) atoms. The molecule has 9 nitrogen and oxygen atoms in total. The zero-order chi connectivity index (χ0) is 28.4. The molecule has 210 valence electrons. The van der Waals surface area contributed by atoms with Crippen LogP contribution in [-0.2, 0) is 13.2 Å². The van der Waals surface area contributed by atoms with Crippen molar-refractivity contribution >= 4 is 17.4 Å². The summed E-state index contributed by atoms with van der Waals surface area (Å²) in [6.45, 7) is 0.864. The average Bonchev–Trinajstić information content (AvgIpc) is 3.42. The third-order valence-electron chi connectivity index (χ3n) is 7.13. The molecule has 3 aromatic heterocycles. The van der Waals surface area contributed by atoms with Crippen molar-refractivity contribution < 1.29 is 14.6 Å². The molecule has 5 aromatic rings. The molecule has 0 saturated heterocycles. The number of imidazole rings is 1. The van der Waals surface area contributed by atoms with Crippen molar-refractivity contribution in [2.24, 2.45) is 0 Å². The maximum atomic E-state index is 10.0. The molecule has 0 bridgehead atoms. The van der Waals surface area contributed by atoms with Crippen LogP contribution in [0.5, 0.6) is 5.75 Å². The number of benzene rings is 2. The fourth-order valence-electron chi connectivity index (χ4n) is 5.09. The molecule has 1 saturated carbocycles. The zero-order valence-corrected chi connectivity index (χ0v) is 22.8. The fourth-order valence-corrected chi connectivity index (χ4v) is 5.09. The lowest BCUT2D eigenvalue weighted by Gasteiger charge is -2.20. The van der Waals surface area contributed by atoms with E-state index >= 15 is 0 Å². The van der Waals surface area contributed by atoms with Crippen molar-refractivity contribution in [2.45, 2.75) is 51.2 Å². The Bertz CT molecular complexity index is 1570. The van der Waals surface area contributed by atoms with E-state index < -0.39 is 6.09 Å². The topological polar surface area (TPSA) is 128 Å². The lowest BCUT2D eigenvalue weighted by Crippen LogP contribution is -2.19. The van der Waals surface area contributed by atoms with Crippen LogP contribution in [0, 0.1) is 0 Å². The van der Waals surface area contributed by atoms with E-state index in [4.69, 9.17) is 20.6 Å². The number of ether oxygens (including phenoxy) is 1. The van der Waals surface area contributed by atoms with E-state index in [1.54, 1.807) is 30.7 Å². The summed E-state index contributed by atoms with van der Waals surface area (Å²) in [6, 6.07) is 21.8. The molecule has 0 radical (unpaired) electrons. The Morgan fingerprint density at radius 1 is 0.976 bits per heavy atom. The number of hydrogen-bond donors (Lipinski definition) is 3. The van der Waals surface area contributed by atoms with Crippen molar-refractivity contribution in [1.82, 2.24) is 24.7 Å². The van der Waals surface area contributed by atoms with Crippen LogP contribution in [0.3, 0.4) is 0 Å². The van der Waals surface area contributed by atoms with Crippen LogP contribution in [0.25, 0.3) is 16.8 Å². The molecule has 0 atom stereocenters. The van der Waals surface area contributed by atoms with Crippen LogP contribution >= 0.6 is 0 Å². The summed E-state index contributed by atoms with van der Waals surface area (Å²) < 4.78 is 8.18. The van der Waals surface area contributed by atoms with Crippen molar-refractivity contribution in [2.75, 3.05) is 5.73 Å². The number of nitrogens with one attached hydrogen (secondary N) is 1. The summed E-state index contributed by atoms with van der Waals surface area (Å²) in [6.07, 6.45) is 12.2. The molecule has 9 heteroatoms. The van der Waals surface area contributed by atoms with Gasteiger partial charge in [0.15, 0.2) is 0 Å². The second kappa shape index (κ2) is 13.4. The molecule has 0 spiro atoms. The second-order valence-corrected chi connectivity index (χ2v) is 10.0. The van der Waals surface area contributed by atoms with E-state index in [1.165, 1.54) is 32.1 Å². The second-order valence-electron chi connectivity index (χ2n) is 10.0. The van der Waals surface area contributed by atoms with Crippen LogP contribution in [-0.4, -0.2) is 30.6 Å². The van der Waals surface area contributed by atoms with Gasteiger partial charge in [0.25, 0.3) is 0 Å². The number of anilines is 1. The Morgan fingerprint density at radius 2 is 1.76 bits per heavy atom. The lowest BCUT2D eigenvalue weighted by atomic mass is 9.89. The minimum absolute atomic E-state index is 0.331. The number of carbonyl (C=O) groups is 1. The molecule has 1 aliphatic rings. The SMILES string of the molecule is Nc1nccn2c(C3CCCCC3)nc(-c3cccc(OCc4ccccc4)c3)c12.O=C(O)NCc1ccncc1. The van der Waals surface area contributed by atoms with Gasteiger partial charge in [-0.2, -0.15) is 0 Å². The van der Waals surface area contributed by atoms with Gasteiger partial charge in [-0.25, -0.2) is 14.8 Å². The summed E-state index contributed by atoms with van der Waals surface area (Å²) in [7, 11) is 0. The number of nitrogens with two attached hydrogens (primary N) is 1. The highest BCUT2D eigenvalue weighted by Crippen LogP contribution is 2.37. The van der Waals surface area contributed by atoms with Gasteiger partial charge in [-0.3, -0.25) is 9.38 Å². The van der Waals surface area contributed by atoms with E-state index in [2.05, 4.69) is 37.9 Å². The summed E-state index contributed by atoms with van der Waals surface area (Å²) in [5, 5.41) is 10.5. The number of carboxylic acid groups (broad SMARTS) is 1. The Morgan fingerprint density at radius 3 is 2.51 bits per heavy atom. The Balaban J connectivity index is 0.000000259. The van der Waals surface area contributed by atoms with Crippen molar-refractivity contribution in [3.63, 3.8) is 0 Å². The van der Waals surface area contributed by atoms with E-state index in [0.29, 0.717) is 24.9 Å². The van der Waals surface area contributed by atoms with Gasteiger partial charge in [0, 0.05) is 42.8 Å². The van der Waals surface area contributed by atoms with Crippen molar-refractivity contribution in [3.8, 4) is 17.0 Å². The van der Waals surface area contributed by atoms with Gasteiger partial charge in [0.1, 0.15) is 35.2 Å². The summed E-state index contributed by atoms with van der Waals surface area (Å²) >= 11 is 0. The molecule has 4 N–H and O–H groups in total. The van der Waals surface area contributed by atoms with Crippen molar-refractivity contribution in [3.05, 3.63) is 108 Å². The number of pyridine rings is 1. The standard InChI is InChI=1S/C25H26N4O.C7H8N2O2/c26-24-23-22(28-25(29(23)15-14-27-24)19-10-5-2-6-11-19)20-12-7-13-21(16-20)30-17-18-8-3-1-4-9-18;10-7(11)9-5-6-1-3-8-4-2-6/h1,3-4,7-9,12-16,19H,2,5-6,10-11,17H2,(H2,26,27);1-4,9H,5H2,(H,10,11). The predicted molar refractivity (Wildman–Crippen MR) is 159 cm³/mol. The van der Waals surface area contributed by atoms with Gasteiger partial charge in [-0.05, 0) is 48.2 Å². The molecule has 1 amide bonds. The summed E-state index contributed by atoms with van der Waals surface area (Å²) in [5.41, 5.74) is 11.1. The highest BCUT2D eigenvalue weighted by atomic mass is 16.5. The smallest absolute Gasteiger partial charge is 0.404 e. The largest absolute Gasteiger partial charge is 0.489 e. The molecule has 2 aromatic carbocycles. The fraction of sp³-hybridized carbons (Fsp3) is 0.250. The monoisotopic (exact) mass is 550 g/mol. The Kier molecular flexibility index (Phi) is 9.05. The zero-order valence-electron chi connectivity index (χ0n) is 22.8. The van der Waals surface area contributed by atoms with Gasteiger partial charge in [0.05, 0.1) is 0 Å². The molecular weight excluding hydrogens is 516 g/mol. The van der Waals surface area contributed by atoms with E-state index in [-0.39, 0.29) is 0 Å². The predicted octanol–water partition coefficient (Wildman–Crippen LogP) is 6.45. The lowest BCUT2D eigenvalue weighted by molar-refractivity contribution is 0.194. The number of nitrogens with zero attached hydrogens (tertiary/aromatic N) is 4. The van der Waals surface area contributed by atoms with Gasteiger partial charge in [-0.15, -0.1) is 0 Å². The van der Waals surface area contributed by atoms with Gasteiger partial charge in [-0.1, -0.05) is 61.7 Å². The highest BCUT2D eigenvalue weighted by molar-refractivity contribution is 5.85. The molecule has 1 fully saturated rings.